The summed E-state index contributed by atoms with van der Waals surface area (Å²) in [5, 5.41) is 0. The van der Waals surface area contributed by atoms with Gasteiger partial charge in [0.05, 0.1) is 12.3 Å². The van der Waals surface area contributed by atoms with Gasteiger partial charge in [-0.15, -0.1) is 0 Å². The molecule has 0 unspecified atom stereocenters. The zero-order valence-electron chi connectivity index (χ0n) is 10.6. The van der Waals surface area contributed by atoms with Gasteiger partial charge in [0.15, 0.2) is 0 Å². The molecule has 0 aliphatic heterocycles. The molecule has 18 heavy (non-hydrogen) atoms. The van der Waals surface area contributed by atoms with E-state index in [2.05, 4.69) is 11.9 Å². The number of hydrogen-bond donors (Lipinski definition) is 0. The number of benzene rings is 1. The fourth-order valence-corrected chi connectivity index (χ4v) is 1.75. The summed E-state index contributed by atoms with van der Waals surface area (Å²) in [5.74, 6) is 0.238. The molecule has 0 bridgehead atoms. The summed E-state index contributed by atoms with van der Waals surface area (Å²) in [6.45, 7) is 4.47. The predicted molar refractivity (Wildman–Crippen MR) is 70.2 cm³/mol. The third kappa shape index (κ3) is 2.67. The van der Waals surface area contributed by atoms with E-state index in [9.17, 15) is 4.39 Å². The van der Waals surface area contributed by atoms with E-state index in [1.54, 1.807) is 18.3 Å². The number of aromatic nitrogens is 1. The van der Waals surface area contributed by atoms with Crippen molar-refractivity contribution in [1.29, 1.82) is 0 Å². The van der Waals surface area contributed by atoms with Crippen molar-refractivity contribution < 1.29 is 9.13 Å². The molecule has 0 saturated heterocycles. The standard InChI is InChI=1S/C15H16FNO/c1-3-11-5-8-15(17-10-11)13-7-6-12(18-4-2)9-14(13)16/h5-10H,3-4H2,1-2H3. The summed E-state index contributed by atoms with van der Waals surface area (Å²) in [5.41, 5.74) is 2.29. The lowest BCUT2D eigenvalue weighted by molar-refractivity contribution is 0.338. The average Bonchev–Trinajstić information content (AvgIpc) is 2.40. The van der Waals surface area contributed by atoms with Gasteiger partial charge in [0.25, 0.3) is 0 Å². The van der Waals surface area contributed by atoms with Gasteiger partial charge < -0.3 is 4.74 Å². The Kier molecular flexibility index (Phi) is 3.92. The highest BCUT2D eigenvalue weighted by atomic mass is 19.1. The highest BCUT2D eigenvalue weighted by Crippen LogP contribution is 2.25. The zero-order valence-corrected chi connectivity index (χ0v) is 10.6. The van der Waals surface area contributed by atoms with E-state index in [0.717, 1.165) is 12.0 Å². The summed E-state index contributed by atoms with van der Waals surface area (Å²) >= 11 is 0. The van der Waals surface area contributed by atoms with E-state index in [1.165, 1.54) is 6.07 Å². The first-order chi connectivity index (χ1) is 8.74. The summed E-state index contributed by atoms with van der Waals surface area (Å²) in [6, 6.07) is 8.68. The minimum absolute atomic E-state index is 0.308. The van der Waals surface area contributed by atoms with Gasteiger partial charge in [0, 0.05) is 17.8 Å². The number of halogens is 1. The molecule has 1 heterocycles. The molecule has 1 aromatic carbocycles. The fourth-order valence-electron chi connectivity index (χ4n) is 1.75. The number of rotatable bonds is 4. The van der Waals surface area contributed by atoms with E-state index in [1.807, 2.05) is 19.1 Å². The molecule has 0 amide bonds. The maximum atomic E-state index is 13.9. The second kappa shape index (κ2) is 5.63. The van der Waals surface area contributed by atoms with E-state index in [-0.39, 0.29) is 5.82 Å². The molecule has 0 N–H and O–H groups in total. The Hall–Kier alpha value is -1.90. The summed E-state index contributed by atoms with van der Waals surface area (Å²) in [4.78, 5) is 4.28. The van der Waals surface area contributed by atoms with Crippen LogP contribution in [0.3, 0.4) is 0 Å². The predicted octanol–water partition coefficient (Wildman–Crippen LogP) is 3.85. The Labute approximate surface area is 106 Å². The van der Waals surface area contributed by atoms with Gasteiger partial charge in [-0.05, 0) is 37.1 Å². The van der Waals surface area contributed by atoms with Crippen molar-refractivity contribution in [2.45, 2.75) is 20.3 Å². The molecule has 0 aliphatic carbocycles. The van der Waals surface area contributed by atoms with Crippen LogP contribution in [0.5, 0.6) is 5.75 Å². The lowest BCUT2D eigenvalue weighted by atomic mass is 10.1. The molecule has 2 rings (SSSR count). The van der Waals surface area contributed by atoms with Crippen molar-refractivity contribution in [3.05, 3.63) is 47.9 Å². The minimum atomic E-state index is -0.308. The maximum absolute atomic E-state index is 13.9. The fraction of sp³-hybridized carbons (Fsp3) is 0.267. The van der Waals surface area contributed by atoms with E-state index in [4.69, 9.17) is 4.74 Å². The highest BCUT2D eigenvalue weighted by Gasteiger charge is 2.07. The van der Waals surface area contributed by atoms with Gasteiger partial charge in [-0.3, -0.25) is 4.98 Å². The molecule has 2 aromatic rings. The molecule has 0 atom stereocenters. The van der Waals surface area contributed by atoms with E-state index < -0.39 is 0 Å². The minimum Gasteiger partial charge on any atom is -0.494 e. The molecule has 0 aliphatic rings. The first-order valence-electron chi connectivity index (χ1n) is 6.12. The lowest BCUT2D eigenvalue weighted by Gasteiger charge is -2.07. The zero-order chi connectivity index (χ0) is 13.0. The number of hydrogen-bond acceptors (Lipinski definition) is 2. The molecular formula is C15H16FNO. The number of nitrogens with zero attached hydrogens (tertiary/aromatic N) is 1. The summed E-state index contributed by atoms with van der Waals surface area (Å²) in [6.07, 6.45) is 2.71. The normalized spacial score (nSPS) is 10.4. The first kappa shape index (κ1) is 12.6. The Morgan fingerprint density at radius 1 is 1.17 bits per heavy atom. The second-order valence-electron chi connectivity index (χ2n) is 3.98. The Balaban J connectivity index is 2.32. The van der Waals surface area contributed by atoms with Gasteiger partial charge in [0.2, 0.25) is 0 Å². The average molecular weight is 245 g/mol. The van der Waals surface area contributed by atoms with Crippen molar-refractivity contribution in [2.24, 2.45) is 0 Å². The maximum Gasteiger partial charge on any atom is 0.136 e. The van der Waals surface area contributed by atoms with Crippen LogP contribution in [0.15, 0.2) is 36.5 Å². The molecule has 0 saturated carbocycles. The summed E-state index contributed by atoms with van der Waals surface area (Å²) < 4.78 is 19.2. The molecule has 0 spiro atoms. The van der Waals surface area contributed by atoms with Crippen molar-refractivity contribution in [3.63, 3.8) is 0 Å². The van der Waals surface area contributed by atoms with Crippen LogP contribution in [0.1, 0.15) is 19.4 Å². The quantitative estimate of drug-likeness (QED) is 0.816. The van der Waals surface area contributed by atoms with Crippen molar-refractivity contribution in [1.82, 2.24) is 4.98 Å². The van der Waals surface area contributed by atoms with Crippen LogP contribution in [0.2, 0.25) is 0 Å². The molecule has 1 aromatic heterocycles. The molecule has 94 valence electrons. The Bertz CT molecular complexity index is 523. The Morgan fingerprint density at radius 2 is 2.00 bits per heavy atom. The van der Waals surface area contributed by atoms with Gasteiger partial charge in [-0.2, -0.15) is 0 Å². The first-order valence-corrected chi connectivity index (χ1v) is 6.12. The number of aryl methyl sites for hydroxylation is 1. The second-order valence-corrected chi connectivity index (χ2v) is 3.98. The van der Waals surface area contributed by atoms with Crippen molar-refractivity contribution in [3.8, 4) is 17.0 Å². The third-order valence-corrected chi connectivity index (χ3v) is 2.76. The van der Waals surface area contributed by atoms with Gasteiger partial charge in [0.1, 0.15) is 11.6 Å². The number of ether oxygens (including phenoxy) is 1. The van der Waals surface area contributed by atoms with Crippen LogP contribution in [0.4, 0.5) is 4.39 Å². The SMILES string of the molecule is CCOc1ccc(-c2ccc(CC)cn2)c(F)c1. The van der Waals surface area contributed by atoms with Crippen LogP contribution in [0.25, 0.3) is 11.3 Å². The largest absolute Gasteiger partial charge is 0.494 e. The van der Waals surface area contributed by atoms with Gasteiger partial charge >= 0.3 is 0 Å². The third-order valence-electron chi connectivity index (χ3n) is 2.76. The molecular weight excluding hydrogens is 229 g/mol. The molecule has 0 fully saturated rings. The van der Waals surface area contributed by atoms with Crippen LogP contribution in [-0.4, -0.2) is 11.6 Å². The Morgan fingerprint density at radius 3 is 2.56 bits per heavy atom. The van der Waals surface area contributed by atoms with Crippen LogP contribution >= 0.6 is 0 Å². The molecule has 0 radical (unpaired) electrons. The molecule has 3 heteroatoms. The van der Waals surface area contributed by atoms with Crippen LogP contribution in [0, 0.1) is 5.82 Å². The van der Waals surface area contributed by atoms with Gasteiger partial charge in [-0.1, -0.05) is 13.0 Å². The highest BCUT2D eigenvalue weighted by molar-refractivity contribution is 5.61. The van der Waals surface area contributed by atoms with Crippen molar-refractivity contribution >= 4 is 0 Å². The van der Waals surface area contributed by atoms with Gasteiger partial charge in [-0.25, -0.2) is 4.39 Å². The van der Waals surface area contributed by atoms with Crippen LogP contribution in [-0.2, 0) is 6.42 Å². The van der Waals surface area contributed by atoms with Crippen molar-refractivity contribution in [2.75, 3.05) is 6.61 Å². The van der Waals surface area contributed by atoms with Crippen LogP contribution < -0.4 is 4.74 Å². The molecule has 2 nitrogen and oxygen atoms in total. The lowest BCUT2D eigenvalue weighted by Crippen LogP contribution is -1.94. The topological polar surface area (TPSA) is 22.1 Å². The monoisotopic (exact) mass is 245 g/mol. The summed E-state index contributed by atoms with van der Waals surface area (Å²) in [7, 11) is 0. The van der Waals surface area contributed by atoms with E-state index >= 15 is 0 Å². The number of pyridine rings is 1. The smallest absolute Gasteiger partial charge is 0.136 e. The van der Waals surface area contributed by atoms with E-state index in [0.29, 0.717) is 23.6 Å².